The van der Waals surface area contributed by atoms with Crippen molar-refractivity contribution in [2.75, 3.05) is 39.5 Å². The number of nitrogens with zero attached hydrogens (tertiary/aromatic N) is 1. The number of hydrogen-bond donors (Lipinski definition) is 1. The lowest BCUT2D eigenvalue weighted by molar-refractivity contribution is -0.123. The molecule has 1 unspecified atom stereocenters. The molecule has 1 fully saturated rings. The standard InChI is InChI=1S/C26H27FN2O3/c27-22-12-10-21(11-13-22)24(29-14-16-31-17-15-29)18-28-26(30)19-32-25-9-5-4-8-23(25)20-6-2-1-3-7-20/h1-13,24H,14-19H2,(H,28,30). The van der Waals surface area contributed by atoms with Crippen LogP contribution < -0.4 is 10.1 Å². The molecule has 3 aromatic carbocycles. The highest BCUT2D eigenvalue weighted by atomic mass is 19.1. The Balaban J connectivity index is 1.38. The van der Waals surface area contributed by atoms with E-state index in [1.54, 1.807) is 12.1 Å². The third kappa shape index (κ3) is 5.72. The fourth-order valence-electron chi connectivity index (χ4n) is 3.89. The van der Waals surface area contributed by atoms with Gasteiger partial charge in [-0.25, -0.2) is 4.39 Å². The van der Waals surface area contributed by atoms with Crippen molar-refractivity contribution in [3.05, 3.63) is 90.2 Å². The van der Waals surface area contributed by atoms with E-state index in [9.17, 15) is 9.18 Å². The largest absolute Gasteiger partial charge is 0.483 e. The topological polar surface area (TPSA) is 50.8 Å². The predicted molar refractivity (Wildman–Crippen MR) is 122 cm³/mol. The summed E-state index contributed by atoms with van der Waals surface area (Å²) in [6.07, 6.45) is 0. The number of ether oxygens (including phenoxy) is 2. The maximum Gasteiger partial charge on any atom is 0.258 e. The number of benzene rings is 3. The van der Waals surface area contributed by atoms with Gasteiger partial charge in [0.1, 0.15) is 11.6 Å². The van der Waals surface area contributed by atoms with Gasteiger partial charge in [0.05, 0.1) is 19.3 Å². The average molecular weight is 435 g/mol. The van der Waals surface area contributed by atoms with E-state index in [2.05, 4.69) is 10.2 Å². The second-order valence-electron chi connectivity index (χ2n) is 7.67. The normalized spacial score (nSPS) is 15.2. The highest BCUT2D eigenvalue weighted by molar-refractivity contribution is 5.78. The van der Waals surface area contributed by atoms with Crippen LogP contribution in [0.3, 0.4) is 0 Å². The van der Waals surface area contributed by atoms with Crippen molar-refractivity contribution < 1.29 is 18.7 Å². The number of carbonyl (C=O) groups excluding carboxylic acids is 1. The quantitative estimate of drug-likeness (QED) is 0.581. The Morgan fingerprint density at radius 2 is 1.66 bits per heavy atom. The van der Waals surface area contributed by atoms with E-state index in [1.165, 1.54) is 12.1 Å². The van der Waals surface area contributed by atoms with Crippen LogP contribution in [-0.2, 0) is 9.53 Å². The van der Waals surface area contributed by atoms with Crippen LogP contribution in [0.15, 0.2) is 78.9 Å². The van der Waals surface area contributed by atoms with Crippen molar-refractivity contribution in [3.63, 3.8) is 0 Å². The summed E-state index contributed by atoms with van der Waals surface area (Å²) in [6.45, 7) is 3.14. The molecule has 0 aromatic heterocycles. The highest BCUT2D eigenvalue weighted by Gasteiger charge is 2.23. The van der Waals surface area contributed by atoms with Gasteiger partial charge in [-0.05, 0) is 29.3 Å². The Morgan fingerprint density at radius 1 is 0.969 bits per heavy atom. The highest BCUT2D eigenvalue weighted by Crippen LogP contribution is 2.29. The van der Waals surface area contributed by atoms with E-state index in [-0.39, 0.29) is 24.4 Å². The second kappa shape index (κ2) is 10.9. The number of morpholine rings is 1. The summed E-state index contributed by atoms with van der Waals surface area (Å²) in [6, 6.07) is 24.0. The summed E-state index contributed by atoms with van der Waals surface area (Å²) in [5.74, 6) is 0.189. The van der Waals surface area contributed by atoms with Gasteiger partial charge in [0.15, 0.2) is 6.61 Å². The molecule has 3 aromatic rings. The zero-order chi connectivity index (χ0) is 22.2. The Hall–Kier alpha value is -3.22. The Bertz CT molecular complexity index is 1010. The number of carbonyl (C=O) groups is 1. The third-order valence-corrected chi connectivity index (χ3v) is 5.56. The van der Waals surface area contributed by atoms with E-state index in [1.807, 2.05) is 54.6 Å². The van der Waals surface area contributed by atoms with Crippen molar-refractivity contribution in [1.29, 1.82) is 0 Å². The Morgan fingerprint density at radius 3 is 2.41 bits per heavy atom. The summed E-state index contributed by atoms with van der Waals surface area (Å²) in [7, 11) is 0. The number of rotatable bonds is 8. The first-order chi connectivity index (χ1) is 15.7. The minimum Gasteiger partial charge on any atom is -0.483 e. The molecule has 4 rings (SSSR count). The number of para-hydroxylation sites is 1. The molecule has 0 radical (unpaired) electrons. The number of halogens is 1. The van der Waals surface area contributed by atoms with Crippen LogP contribution in [0.5, 0.6) is 5.75 Å². The lowest BCUT2D eigenvalue weighted by atomic mass is 10.0. The van der Waals surface area contributed by atoms with Crippen LogP contribution in [0.4, 0.5) is 4.39 Å². The van der Waals surface area contributed by atoms with Gasteiger partial charge in [-0.15, -0.1) is 0 Å². The number of amides is 1. The number of hydrogen-bond acceptors (Lipinski definition) is 4. The molecule has 166 valence electrons. The van der Waals surface area contributed by atoms with Gasteiger partial charge in [0.2, 0.25) is 0 Å². The SMILES string of the molecule is O=C(COc1ccccc1-c1ccccc1)NCC(c1ccc(F)cc1)N1CCOCC1. The molecule has 32 heavy (non-hydrogen) atoms. The van der Waals surface area contributed by atoms with Gasteiger partial charge in [0.25, 0.3) is 5.91 Å². The molecule has 0 bridgehead atoms. The molecular formula is C26H27FN2O3. The molecule has 0 saturated carbocycles. The molecular weight excluding hydrogens is 407 g/mol. The van der Waals surface area contributed by atoms with E-state index in [4.69, 9.17) is 9.47 Å². The molecule has 0 aliphatic carbocycles. The molecule has 1 atom stereocenters. The van der Waals surface area contributed by atoms with Gasteiger partial charge in [0, 0.05) is 25.2 Å². The van der Waals surface area contributed by atoms with Crippen LogP contribution in [-0.4, -0.2) is 50.3 Å². The maximum absolute atomic E-state index is 13.4. The van der Waals surface area contributed by atoms with Crippen LogP contribution in [0.25, 0.3) is 11.1 Å². The lowest BCUT2D eigenvalue weighted by Crippen LogP contribution is -2.44. The van der Waals surface area contributed by atoms with E-state index in [0.29, 0.717) is 25.5 Å². The fraction of sp³-hybridized carbons (Fsp3) is 0.269. The van der Waals surface area contributed by atoms with Gasteiger partial charge in [-0.2, -0.15) is 0 Å². The van der Waals surface area contributed by atoms with Crippen molar-refractivity contribution in [2.45, 2.75) is 6.04 Å². The van der Waals surface area contributed by atoms with Gasteiger partial charge in [-0.1, -0.05) is 60.7 Å². The van der Waals surface area contributed by atoms with Crippen LogP contribution >= 0.6 is 0 Å². The Labute approximate surface area is 187 Å². The molecule has 1 aliphatic rings. The van der Waals surface area contributed by atoms with Crippen molar-refractivity contribution >= 4 is 5.91 Å². The van der Waals surface area contributed by atoms with E-state index < -0.39 is 0 Å². The molecule has 1 heterocycles. The minimum atomic E-state index is -0.274. The van der Waals surface area contributed by atoms with E-state index >= 15 is 0 Å². The summed E-state index contributed by atoms with van der Waals surface area (Å²) in [4.78, 5) is 14.9. The third-order valence-electron chi connectivity index (χ3n) is 5.56. The first kappa shape index (κ1) is 22.0. The fourth-order valence-corrected chi connectivity index (χ4v) is 3.89. The van der Waals surface area contributed by atoms with Gasteiger partial charge >= 0.3 is 0 Å². The second-order valence-corrected chi connectivity index (χ2v) is 7.67. The smallest absolute Gasteiger partial charge is 0.258 e. The first-order valence-corrected chi connectivity index (χ1v) is 10.8. The van der Waals surface area contributed by atoms with Gasteiger partial charge < -0.3 is 14.8 Å². The monoisotopic (exact) mass is 434 g/mol. The molecule has 0 spiro atoms. The predicted octanol–water partition coefficient (Wildman–Crippen LogP) is 4.06. The zero-order valence-electron chi connectivity index (χ0n) is 17.9. The van der Waals surface area contributed by atoms with Crippen LogP contribution in [0.1, 0.15) is 11.6 Å². The van der Waals surface area contributed by atoms with Crippen LogP contribution in [0.2, 0.25) is 0 Å². The average Bonchev–Trinajstić information content (AvgIpc) is 2.85. The first-order valence-electron chi connectivity index (χ1n) is 10.8. The van der Waals surface area contributed by atoms with E-state index in [0.717, 1.165) is 29.8 Å². The lowest BCUT2D eigenvalue weighted by Gasteiger charge is -2.35. The Kier molecular flexibility index (Phi) is 7.48. The maximum atomic E-state index is 13.4. The molecule has 6 heteroatoms. The molecule has 1 saturated heterocycles. The number of nitrogens with one attached hydrogen (secondary N) is 1. The van der Waals surface area contributed by atoms with Crippen LogP contribution in [0, 0.1) is 5.82 Å². The van der Waals surface area contributed by atoms with Gasteiger partial charge in [-0.3, -0.25) is 9.69 Å². The summed E-state index contributed by atoms with van der Waals surface area (Å²) in [5.41, 5.74) is 2.94. The zero-order valence-corrected chi connectivity index (χ0v) is 17.9. The summed E-state index contributed by atoms with van der Waals surface area (Å²) in [5, 5.41) is 2.98. The molecule has 1 N–H and O–H groups in total. The molecule has 1 aliphatic heterocycles. The van der Waals surface area contributed by atoms with Crippen molar-refractivity contribution in [2.24, 2.45) is 0 Å². The van der Waals surface area contributed by atoms with Crippen molar-refractivity contribution in [3.8, 4) is 16.9 Å². The molecule has 5 nitrogen and oxygen atoms in total. The summed E-state index contributed by atoms with van der Waals surface area (Å²) >= 11 is 0. The minimum absolute atomic E-state index is 0.0555. The molecule has 1 amide bonds. The summed E-state index contributed by atoms with van der Waals surface area (Å²) < 4.78 is 24.7. The van der Waals surface area contributed by atoms with Crippen molar-refractivity contribution in [1.82, 2.24) is 10.2 Å².